The van der Waals surface area contributed by atoms with E-state index in [0.717, 1.165) is 25.8 Å². The molecule has 1 rings (SSSR count). The topological polar surface area (TPSA) is 32.3 Å². The van der Waals surface area contributed by atoms with Crippen molar-refractivity contribution >= 4 is 5.91 Å². The highest BCUT2D eigenvalue weighted by Crippen LogP contribution is 2.07. The van der Waals surface area contributed by atoms with E-state index in [-0.39, 0.29) is 11.9 Å². The van der Waals surface area contributed by atoms with Crippen molar-refractivity contribution in [3.63, 3.8) is 0 Å². The highest BCUT2D eigenvalue weighted by Gasteiger charge is 2.20. The summed E-state index contributed by atoms with van der Waals surface area (Å²) < 4.78 is 0. The molecule has 0 spiro atoms. The van der Waals surface area contributed by atoms with Crippen LogP contribution in [0, 0.1) is 5.92 Å². The number of nitrogens with zero attached hydrogens (tertiary/aromatic N) is 1. The molecule has 1 atom stereocenters. The molecule has 0 aliphatic carbocycles. The Morgan fingerprint density at radius 3 is 2.40 bits per heavy atom. The number of rotatable bonds is 8. The molecule has 1 unspecified atom stereocenters. The fraction of sp³-hybridized carbons (Fsp3) is 0.588. The number of carbonyl (C=O) groups is 1. The number of hydrogen-bond donors (Lipinski definition) is 1. The average molecular weight is 276 g/mol. The number of aryl methyl sites for hydroxylation is 1. The SMILES string of the molecule is CC(C)CC(NCCCc1ccccc1)C(=O)N(C)C. The van der Waals surface area contributed by atoms with Crippen molar-refractivity contribution in [2.45, 2.75) is 39.2 Å². The second-order valence-corrected chi connectivity index (χ2v) is 5.96. The minimum Gasteiger partial charge on any atom is -0.347 e. The van der Waals surface area contributed by atoms with Crippen molar-refractivity contribution < 1.29 is 4.79 Å². The molecule has 0 radical (unpaired) electrons. The van der Waals surface area contributed by atoms with Gasteiger partial charge < -0.3 is 10.2 Å². The monoisotopic (exact) mass is 276 g/mol. The number of hydrogen-bond acceptors (Lipinski definition) is 2. The van der Waals surface area contributed by atoms with Gasteiger partial charge >= 0.3 is 0 Å². The zero-order valence-electron chi connectivity index (χ0n) is 13.2. The molecular weight excluding hydrogens is 248 g/mol. The minimum atomic E-state index is -0.0548. The molecule has 0 aromatic heterocycles. The van der Waals surface area contributed by atoms with Crippen LogP contribution in [0.25, 0.3) is 0 Å². The summed E-state index contributed by atoms with van der Waals surface area (Å²) in [5.74, 6) is 0.698. The van der Waals surface area contributed by atoms with Gasteiger partial charge in [-0.1, -0.05) is 44.2 Å². The first-order chi connectivity index (χ1) is 9.50. The van der Waals surface area contributed by atoms with Crippen LogP contribution < -0.4 is 5.32 Å². The van der Waals surface area contributed by atoms with Gasteiger partial charge in [0, 0.05) is 14.1 Å². The second-order valence-electron chi connectivity index (χ2n) is 5.96. The number of amides is 1. The Kier molecular flexibility index (Phi) is 7.31. The molecule has 0 heterocycles. The van der Waals surface area contributed by atoms with E-state index >= 15 is 0 Å². The number of carbonyl (C=O) groups excluding carboxylic acids is 1. The molecule has 1 N–H and O–H groups in total. The van der Waals surface area contributed by atoms with Gasteiger partial charge in [0.1, 0.15) is 0 Å². The normalized spacial score (nSPS) is 12.4. The lowest BCUT2D eigenvalue weighted by Crippen LogP contribution is -2.44. The summed E-state index contributed by atoms with van der Waals surface area (Å²) in [6.07, 6.45) is 3.00. The predicted octanol–water partition coefficient (Wildman–Crippen LogP) is 2.71. The Hall–Kier alpha value is -1.35. The van der Waals surface area contributed by atoms with Crippen molar-refractivity contribution in [1.29, 1.82) is 0 Å². The van der Waals surface area contributed by atoms with E-state index in [2.05, 4.69) is 43.4 Å². The molecule has 0 aliphatic heterocycles. The van der Waals surface area contributed by atoms with Crippen LogP contribution in [0.3, 0.4) is 0 Å². The fourth-order valence-corrected chi connectivity index (χ4v) is 2.27. The average Bonchev–Trinajstić information content (AvgIpc) is 2.42. The molecule has 0 fully saturated rings. The van der Waals surface area contributed by atoms with Crippen LogP contribution in [0.15, 0.2) is 30.3 Å². The molecule has 0 saturated heterocycles. The maximum absolute atomic E-state index is 12.1. The minimum absolute atomic E-state index is 0.0548. The summed E-state index contributed by atoms with van der Waals surface area (Å²) >= 11 is 0. The standard InChI is InChI=1S/C17H28N2O/c1-14(2)13-16(17(20)19(3)4)18-12-8-11-15-9-6-5-7-10-15/h5-7,9-10,14,16,18H,8,11-13H2,1-4H3. The quantitative estimate of drug-likeness (QED) is 0.740. The Labute approximate surface area is 123 Å². The smallest absolute Gasteiger partial charge is 0.239 e. The molecule has 3 nitrogen and oxygen atoms in total. The molecule has 3 heteroatoms. The molecular formula is C17H28N2O. The Morgan fingerprint density at radius 1 is 1.20 bits per heavy atom. The van der Waals surface area contributed by atoms with Crippen LogP contribution in [-0.4, -0.2) is 37.5 Å². The molecule has 0 bridgehead atoms. The Bertz CT molecular complexity index is 387. The van der Waals surface area contributed by atoms with E-state index in [1.54, 1.807) is 4.90 Å². The molecule has 0 saturated carbocycles. The van der Waals surface area contributed by atoms with Gasteiger partial charge in [0.2, 0.25) is 5.91 Å². The van der Waals surface area contributed by atoms with Gasteiger partial charge in [0.15, 0.2) is 0 Å². The van der Waals surface area contributed by atoms with E-state index in [1.165, 1.54) is 5.56 Å². The summed E-state index contributed by atoms with van der Waals surface area (Å²) in [5.41, 5.74) is 1.36. The maximum atomic E-state index is 12.1. The van der Waals surface area contributed by atoms with Crippen molar-refractivity contribution in [1.82, 2.24) is 10.2 Å². The first kappa shape index (κ1) is 16.7. The van der Waals surface area contributed by atoms with E-state index in [4.69, 9.17) is 0 Å². The van der Waals surface area contributed by atoms with Crippen LogP contribution >= 0.6 is 0 Å². The third kappa shape index (κ3) is 6.20. The largest absolute Gasteiger partial charge is 0.347 e. The molecule has 20 heavy (non-hydrogen) atoms. The van der Waals surface area contributed by atoms with Gasteiger partial charge in [0.25, 0.3) is 0 Å². The first-order valence-electron chi connectivity index (χ1n) is 7.49. The van der Waals surface area contributed by atoms with Gasteiger partial charge in [-0.05, 0) is 37.3 Å². The lowest BCUT2D eigenvalue weighted by atomic mass is 10.0. The highest BCUT2D eigenvalue weighted by atomic mass is 16.2. The summed E-state index contributed by atoms with van der Waals surface area (Å²) in [6, 6.07) is 10.4. The highest BCUT2D eigenvalue weighted by molar-refractivity contribution is 5.81. The molecule has 112 valence electrons. The van der Waals surface area contributed by atoms with Crippen molar-refractivity contribution in [2.24, 2.45) is 5.92 Å². The lowest BCUT2D eigenvalue weighted by molar-refractivity contribution is -0.131. The van der Waals surface area contributed by atoms with Crippen molar-refractivity contribution in [2.75, 3.05) is 20.6 Å². The Balaban J connectivity index is 2.36. The van der Waals surface area contributed by atoms with Gasteiger partial charge in [-0.2, -0.15) is 0 Å². The zero-order chi connectivity index (χ0) is 15.0. The van der Waals surface area contributed by atoms with Crippen LogP contribution in [0.5, 0.6) is 0 Å². The van der Waals surface area contributed by atoms with E-state index in [9.17, 15) is 4.79 Å². The first-order valence-corrected chi connectivity index (χ1v) is 7.49. The number of benzene rings is 1. The summed E-state index contributed by atoms with van der Waals surface area (Å²) in [4.78, 5) is 13.8. The van der Waals surface area contributed by atoms with E-state index < -0.39 is 0 Å². The number of likely N-dealkylation sites (N-methyl/N-ethyl adjacent to an activating group) is 1. The molecule has 1 amide bonds. The maximum Gasteiger partial charge on any atom is 0.239 e. The second kappa shape index (κ2) is 8.75. The Morgan fingerprint density at radius 2 is 1.85 bits per heavy atom. The zero-order valence-corrected chi connectivity index (χ0v) is 13.2. The van der Waals surface area contributed by atoms with Crippen LogP contribution in [-0.2, 0) is 11.2 Å². The van der Waals surface area contributed by atoms with Gasteiger partial charge in [-0.15, -0.1) is 0 Å². The van der Waals surface area contributed by atoms with Crippen molar-refractivity contribution in [3.05, 3.63) is 35.9 Å². The van der Waals surface area contributed by atoms with Crippen LogP contribution in [0.4, 0.5) is 0 Å². The van der Waals surface area contributed by atoms with Crippen molar-refractivity contribution in [3.8, 4) is 0 Å². The molecule has 0 aliphatic rings. The molecule has 1 aromatic rings. The predicted molar refractivity (Wildman–Crippen MR) is 84.7 cm³/mol. The van der Waals surface area contributed by atoms with Crippen LogP contribution in [0.2, 0.25) is 0 Å². The summed E-state index contributed by atoms with van der Waals surface area (Å²) in [7, 11) is 3.64. The molecule has 1 aromatic carbocycles. The van der Waals surface area contributed by atoms with E-state index in [1.807, 2.05) is 20.2 Å². The number of nitrogens with one attached hydrogen (secondary N) is 1. The van der Waals surface area contributed by atoms with Gasteiger partial charge in [0.05, 0.1) is 6.04 Å². The summed E-state index contributed by atoms with van der Waals surface area (Å²) in [5, 5.41) is 3.41. The third-order valence-corrected chi connectivity index (χ3v) is 3.32. The third-order valence-electron chi connectivity index (χ3n) is 3.32. The lowest BCUT2D eigenvalue weighted by Gasteiger charge is -2.23. The van der Waals surface area contributed by atoms with Crippen LogP contribution in [0.1, 0.15) is 32.3 Å². The summed E-state index contributed by atoms with van der Waals surface area (Å²) in [6.45, 7) is 5.19. The van der Waals surface area contributed by atoms with Gasteiger partial charge in [-0.25, -0.2) is 0 Å². The van der Waals surface area contributed by atoms with Gasteiger partial charge in [-0.3, -0.25) is 4.79 Å². The van der Waals surface area contributed by atoms with E-state index in [0.29, 0.717) is 5.92 Å². The fourth-order valence-electron chi connectivity index (χ4n) is 2.27.